The summed E-state index contributed by atoms with van der Waals surface area (Å²) in [6, 6.07) is 7.44. The van der Waals surface area contributed by atoms with Crippen molar-refractivity contribution < 1.29 is 9.53 Å². The number of ether oxygens (including phenoxy) is 1. The van der Waals surface area contributed by atoms with Gasteiger partial charge in [-0.05, 0) is 24.1 Å². The number of anilines is 1. The van der Waals surface area contributed by atoms with Crippen LogP contribution in [-0.2, 0) is 11.2 Å². The smallest absolute Gasteiger partial charge is 0.230 e. The zero-order chi connectivity index (χ0) is 15.9. The van der Waals surface area contributed by atoms with E-state index in [1.165, 1.54) is 11.3 Å². The van der Waals surface area contributed by atoms with E-state index in [2.05, 4.69) is 29.4 Å². The summed E-state index contributed by atoms with van der Waals surface area (Å²) in [6.45, 7) is 4.28. The van der Waals surface area contributed by atoms with Crippen molar-refractivity contribution in [3.8, 4) is 5.75 Å². The van der Waals surface area contributed by atoms with E-state index in [0.717, 1.165) is 22.1 Å². The summed E-state index contributed by atoms with van der Waals surface area (Å²) in [5.74, 6) is 0.682. The van der Waals surface area contributed by atoms with Crippen LogP contribution >= 0.6 is 23.1 Å². The molecule has 0 spiro atoms. The first-order chi connectivity index (χ1) is 10.6. The van der Waals surface area contributed by atoms with Gasteiger partial charge in [-0.15, -0.1) is 10.2 Å². The summed E-state index contributed by atoms with van der Waals surface area (Å²) >= 11 is 3.09. The summed E-state index contributed by atoms with van der Waals surface area (Å²) in [7, 11) is 1.62. The van der Waals surface area contributed by atoms with E-state index in [1.807, 2.05) is 24.3 Å². The fourth-order valence-corrected chi connectivity index (χ4v) is 3.67. The van der Waals surface area contributed by atoms with Crippen LogP contribution in [0.4, 0.5) is 5.13 Å². The Morgan fingerprint density at radius 1 is 1.36 bits per heavy atom. The van der Waals surface area contributed by atoms with Crippen LogP contribution < -0.4 is 10.1 Å². The van der Waals surface area contributed by atoms with Crippen molar-refractivity contribution in [3.63, 3.8) is 0 Å². The van der Waals surface area contributed by atoms with Crippen LogP contribution in [0.5, 0.6) is 5.75 Å². The van der Waals surface area contributed by atoms with Gasteiger partial charge in [-0.2, -0.15) is 0 Å². The molecule has 1 amide bonds. The number of amides is 1. The highest BCUT2D eigenvalue weighted by atomic mass is 32.2. The molecule has 0 radical (unpaired) electrons. The molecule has 1 heterocycles. The van der Waals surface area contributed by atoms with Crippen molar-refractivity contribution in [3.05, 3.63) is 29.8 Å². The van der Waals surface area contributed by atoms with E-state index in [0.29, 0.717) is 16.8 Å². The number of methoxy groups -OCH3 is 1. The van der Waals surface area contributed by atoms with Gasteiger partial charge in [-0.25, -0.2) is 0 Å². The Kier molecular flexibility index (Phi) is 6.21. The van der Waals surface area contributed by atoms with Crippen LogP contribution in [0.2, 0.25) is 0 Å². The van der Waals surface area contributed by atoms with Crippen molar-refractivity contribution in [2.45, 2.75) is 36.3 Å². The van der Waals surface area contributed by atoms with Gasteiger partial charge < -0.3 is 10.1 Å². The van der Waals surface area contributed by atoms with Gasteiger partial charge in [0.05, 0.1) is 13.5 Å². The van der Waals surface area contributed by atoms with Gasteiger partial charge in [-0.3, -0.25) is 4.79 Å². The average molecular weight is 337 g/mol. The maximum atomic E-state index is 12.0. The molecule has 1 aromatic heterocycles. The zero-order valence-electron chi connectivity index (χ0n) is 12.8. The molecule has 0 unspecified atom stereocenters. The SMILES string of the molecule is CC[C@H](C)Sc1nnc(NC(=O)Cc2ccc(OC)cc2)s1. The molecule has 2 rings (SSSR count). The molecular formula is C15H19N3O2S2. The van der Waals surface area contributed by atoms with Crippen LogP contribution in [0, 0.1) is 0 Å². The van der Waals surface area contributed by atoms with Gasteiger partial charge in [0.1, 0.15) is 5.75 Å². The number of benzene rings is 1. The molecule has 1 aromatic carbocycles. The highest BCUT2D eigenvalue weighted by molar-refractivity contribution is 8.01. The first-order valence-corrected chi connectivity index (χ1v) is 8.73. The topological polar surface area (TPSA) is 64.1 Å². The largest absolute Gasteiger partial charge is 0.497 e. The number of thioether (sulfide) groups is 1. The normalized spacial score (nSPS) is 12.0. The van der Waals surface area contributed by atoms with Gasteiger partial charge in [-0.1, -0.05) is 49.1 Å². The number of rotatable bonds is 7. The molecule has 0 aliphatic rings. The quantitative estimate of drug-likeness (QED) is 0.617. The highest BCUT2D eigenvalue weighted by Crippen LogP contribution is 2.29. The van der Waals surface area contributed by atoms with Crippen molar-refractivity contribution in [2.24, 2.45) is 0 Å². The third-order valence-electron chi connectivity index (χ3n) is 3.05. The van der Waals surface area contributed by atoms with Crippen LogP contribution in [0.15, 0.2) is 28.6 Å². The van der Waals surface area contributed by atoms with Crippen molar-refractivity contribution in [2.75, 3.05) is 12.4 Å². The summed E-state index contributed by atoms with van der Waals surface area (Å²) < 4.78 is 5.98. The molecule has 0 saturated carbocycles. The molecule has 22 heavy (non-hydrogen) atoms. The first-order valence-electron chi connectivity index (χ1n) is 7.03. The van der Waals surface area contributed by atoms with Crippen LogP contribution in [0.3, 0.4) is 0 Å². The number of hydrogen-bond donors (Lipinski definition) is 1. The summed E-state index contributed by atoms with van der Waals surface area (Å²) in [5.41, 5.74) is 0.928. The van der Waals surface area contributed by atoms with Gasteiger partial charge in [0.15, 0.2) is 4.34 Å². The Morgan fingerprint density at radius 3 is 2.73 bits per heavy atom. The third kappa shape index (κ3) is 4.99. The third-order valence-corrected chi connectivity index (χ3v) is 5.24. The van der Waals surface area contributed by atoms with Crippen molar-refractivity contribution >= 4 is 34.1 Å². The Hall–Kier alpha value is -1.60. The van der Waals surface area contributed by atoms with Crippen LogP contribution in [0.1, 0.15) is 25.8 Å². The highest BCUT2D eigenvalue weighted by Gasteiger charge is 2.11. The molecule has 118 valence electrons. The fourth-order valence-electron chi connectivity index (χ4n) is 1.66. The lowest BCUT2D eigenvalue weighted by molar-refractivity contribution is -0.115. The van der Waals surface area contributed by atoms with E-state index in [9.17, 15) is 4.79 Å². The van der Waals surface area contributed by atoms with Crippen molar-refractivity contribution in [1.29, 1.82) is 0 Å². The lowest BCUT2D eigenvalue weighted by atomic mass is 10.1. The van der Waals surface area contributed by atoms with Gasteiger partial charge in [0.25, 0.3) is 0 Å². The fraction of sp³-hybridized carbons (Fsp3) is 0.400. The lowest BCUT2D eigenvalue weighted by Gasteiger charge is -2.03. The minimum atomic E-state index is -0.0959. The van der Waals surface area contributed by atoms with E-state index in [1.54, 1.807) is 18.9 Å². The predicted octanol–water partition coefficient (Wildman–Crippen LogP) is 3.62. The van der Waals surface area contributed by atoms with Crippen LogP contribution in [0.25, 0.3) is 0 Å². The van der Waals surface area contributed by atoms with Gasteiger partial charge in [0.2, 0.25) is 11.0 Å². The number of nitrogens with zero attached hydrogens (tertiary/aromatic N) is 2. The Labute approximate surface area is 138 Å². The molecule has 0 saturated heterocycles. The zero-order valence-corrected chi connectivity index (χ0v) is 14.5. The summed E-state index contributed by atoms with van der Waals surface area (Å²) in [4.78, 5) is 12.0. The predicted molar refractivity (Wildman–Crippen MR) is 90.8 cm³/mol. The molecule has 7 heteroatoms. The second-order valence-corrected chi connectivity index (χ2v) is 7.45. The Bertz CT molecular complexity index is 614. The molecule has 1 atom stereocenters. The minimum absolute atomic E-state index is 0.0959. The molecular weight excluding hydrogens is 318 g/mol. The van der Waals surface area contributed by atoms with E-state index < -0.39 is 0 Å². The number of carbonyl (C=O) groups excluding carboxylic acids is 1. The number of hydrogen-bond acceptors (Lipinski definition) is 6. The molecule has 0 aliphatic heterocycles. The molecule has 5 nitrogen and oxygen atoms in total. The number of nitrogens with one attached hydrogen (secondary N) is 1. The number of aromatic nitrogens is 2. The molecule has 0 fully saturated rings. The summed E-state index contributed by atoms with van der Waals surface area (Å²) in [5, 5.41) is 11.9. The monoisotopic (exact) mass is 337 g/mol. The Balaban J connectivity index is 1.88. The molecule has 1 N–H and O–H groups in total. The maximum Gasteiger partial charge on any atom is 0.230 e. The Morgan fingerprint density at radius 2 is 2.09 bits per heavy atom. The van der Waals surface area contributed by atoms with Crippen LogP contribution in [-0.4, -0.2) is 28.5 Å². The second-order valence-electron chi connectivity index (χ2n) is 4.78. The lowest BCUT2D eigenvalue weighted by Crippen LogP contribution is -2.14. The first kappa shape index (κ1) is 16.8. The van der Waals surface area contributed by atoms with Gasteiger partial charge >= 0.3 is 0 Å². The standard InChI is InChI=1S/C15H19N3O2S2/c1-4-10(2)21-15-18-17-14(22-15)16-13(19)9-11-5-7-12(20-3)8-6-11/h5-8,10H,4,9H2,1-3H3,(H,16,17,19)/t10-/m0/s1. The van der Waals surface area contributed by atoms with Gasteiger partial charge in [0, 0.05) is 5.25 Å². The van der Waals surface area contributed by atoms with E-state index in [4.69, 9.17) is 4.74 Å². The number of carbonyl (C=O) groups is 1. The molecule has 0 bridgehead atoms. The van der Waals surface area contributed by atoms with E-state index in [-0.39, 0.29) is 5.91 Å². The second kappa shape index (κ2) is 8.14. The average Bonchev–Trinajstić information content (AvgIpc) is 2.94. The van der Waals surface area contributed by atoms with Crippen molar-refractivity contribution in [1.82, 2.24) is 10.2 Å². The molecule has 0 aliphatic carbocycles. The summed E-state index contributed by atoms with van der Waals surface area (Å²) in [6.07, 6.45) is 1.38. The molecule has 2 aromatic rings. The minimum Gasteiger partial charge on any atom is -0.497 e. The van der Waals surface area contributed by atoms with E-state index >= 15 is 0 Å². The maximum absolute atomic E-state index is 12.0.